The second-order valence-corrected chi connectivity index (χ2v) is 5.64. The molecule has 0 saturated heterocycles. The summed E-state index contributed by atoms with van der Waals surface area (Å²) in [4.78, 5) is 12.0. The minimum Gasteiger partial charge on any atom is -0.325 e. The second kappa shape index (κ2) is 5.34. The van der Waals surface area contributed by atoms with Crippen LogP contribution in [-0.2, 0) is 4.79 Å². The smallest absolute Gasteiger partial charge is 0.232 e. The molecule has 0 spiro atoms. The Morgan fingerprint density at radius 1 is 1.19 bits per heavy atom. The first-order valence-corrected chi connectivity index (χ1v) is 7.37. The minimum atomic E-state index is -0.164. The molecule has 21 heavy (non-hydrogen) atoms. The summed E-state index contributed by atoms with van der Waals surface area (Å²) in [5.74, 6) is 0.0441. The molecule has 108 valence electrons. The van der Waals surface area contributed by atoms with Crippen molar-refractivity contribution in [1.82, 2.24) is 0 Å². The van der Waals surface area contributed by atoms with Gasteiger partial charge in [-0.15, -0.1) is 0 Å². The average molecular weight is 280 g/mol. The van der Waals surface area contributed by atoms with Gasteiger partial charge in [-0.2, -0.15) is 0 Å². The maximum Gasteiger partial charge on any atom is 0.232 e. The Morgan fingerprint density at radius 3 is 2.57 bits per heavy atom. The first-order chi connectivity index (χ1) is 10.1. The van der Waals surface area contributed by atoms with Crippen molar-refractivity contribution in [2.75, 3.05) is 5.32 Å². The van der Waals surface area contributed by atoms with Crippen LogP contribution in [0.25, 0.3) is 0 Å². The van der Waals surface area contributed by atoms with Crippen molar-refractivity contribution in [3.05, 3.63) is 64.7 Å². The zero-order chi connectivity index (χ0) is 15.0. The van der Waals surface area contributed by atoms with Gasteiger partial charge in [0.05, 0.1) is 12.0 Å². The molecule has 2 unspecified atom stereocenters. The molecule has 0 radical (unpaired) electrons. The molecule has 0 bridgehead atoms. The fourth-order valence-corrected chi connectivity index (χ4v) is 3.08. The summed E-state index contributed by atoms with van der Waals surface area (Å²) in [5, 5.41) is 2.99. The number of anilines is 1. The Balaban J connectivity index is 2.05. The lowest BCUT2D eigenvalue weighted by Crippen LogP contribution is -2.12. The van der Waals surface area contributed by atoms with Crippen LogP contribution in [0.5, 0.6) is 0 Å². The molecule has 1 heterocycles. The summed E-state index contributed by atoms with van der Waals surface area (Å²) in [6.07, 6.45) is 0.808. The zero-order valence-electron chi connectivity index (χ0n) is 12.4. The normalized spacial score (nSPS) is 18.2. The highest BCUT2D eigenvalue weighted by Gasteiger charge is 2.31. The lowest BCUT2D eigenvalue weighted by atomic mass is 9.90. The lowest BCUT2D eigenvalue weighted by molar-refractivity contribution is -0.117. The Bertz CT molecular complexity index is 679. The molecular formula is C18H20N2O. The van der Waals surface area contributed by atoms with Crippen LogP contribution >= 0.6 is 0 Å². The van der Waals surface area contributed by atoms with Gasteiger partial charge >= 0.3 is 0 Å². The van der Waals surface area contributed by atoms with Crippen LogP contribution in [0.2, 0.25) is 0 Å². The van der Waals surface area contributed by atoms with Gasteiger partial charge in [0.15, 0.2) is 0 Å². The fraction of sp³-hybridized carbons (Fsp3) is 0.278. The van der Waals surface area contributed by atoms with Crippen molar-refractivity contribution in [1.29, 1.82) is 0 Å². The number of fused-ring (bicyclic) bond motifs is 1. The van der Waals surface area contributed by atoms with Gasteiger partial charge in [0.1, 0.15) is 0 Å². The van der Waals surface area contributed by atoms with Crippen LogP contribution in [-0.4, -0.2) is 5.91 Å². The van der Waals surface area contributed by atoms with E-state index in [1.807, 2.05) is 44.2 Å². The highest BCUT2D eigenvalue weighted by Crippen LogP contribution is 2.39. The van der Waals surface area contributed by atoms with Gasteiger partial charge in [0.25, 0.3) is 0 Å². The summed E-state index contributed by atoms with van der Waals surface area (Å²) < 4.78 is 0. The Hall–Kier alpha value is -2.13. The highest BCUT2D eigenvalue weighted by atomic mass is 16.2. The third-order valence-corrected chi connectivity index (χ3v) is 4.25. The van der Waals surface area contributed by atoms with E-state index < -0.39 is 0 Å². The van der Waals surface area contributed by atoms with E-state index in [-0.39, 0.29) is 17.9 Å². The van der Waals surface area contributed by atoms with E-state index in [2.05, 4.69) is 17.4 Å². The van der Waals surface area contributed by atoms with Gasteiger partial charge in [-0.25, -0.2) is 0 Å². The van der Waals surface area contributed by atoms with E-state index >= 15 is 0 Å². The number of benzene rings is 2. The van der Waals surface area contributed by atoms with Crippen molar-refractivity contribution >= 4 is 11.6 Å². The number of aryl methyl sites for hydroxylation is 1. The molecule has 1 amide bonds. The van der Waals surface area contributed by atoms with Gasteiger partial charge in [0, 0.05) is 5.69 Å². The first kappa shape index (κ1) is 13.8. The van der Waals surface area contributed by atoms with Crippen molar-refractivity contribution in [2.24, 2.45) is 5.73 Å². The third kappa shape index (κ3) is 2.34. The standard InChI is InChI=1S/C18H20N2O/c1-3-14-15-10-13(9-11(2)17(15)20-18(14)21)16(19)12-7-5-4-6-8-12/h4-10,14,16H,3,19H2,1-2H3,(H,20,21). The summed E-state index contributed by atoms with van der Waals surface area (Å²) >= 11 is 0. The molecular weight excluding hydrogens is 260 g/mol. The molecule has 3 N–H and O–H groups in total. The predicted octanol–water partition coefficient (Wildman–Crippen LogP) is 3.49. The van der Waals surface area contributed by atoms with E-state index in [1.54, 1.807) is 0 Å². The number of carbonyl (C=O) groups is 1. The van der Waals surface area contributed by atoms with Crippen LogP contribution in [0.15, 0.2) is 42.5 Å². The quantitative estimate of drug-likeness (QED) is 0.904. The van der Waals surface area contributed by atoms with Crippen molar-refractivity contribution < 1.29 is 4.79 Å². The maximum absolute atomic E-state index is 12.0. The van der Waals surface area contributed by atoms with Crippen LogP contribution in [0.4, 0.5) is 5.69 Å². The molecule has 1 aliphatic rings. The second-order valence-electron chi connectivity index (χ2n) is 5.64. The molecule has 0 fully saturated rings. The van der Waals surface area contributed by atoms with Gasteiger partial charge in [-0.1, -0.05) is 49.4 Å². The number of hydrogen-bond donors (Lipinski definition) is 2. The summed E-state index contributed by atoms with van der Waals surface area (Å²) in [6.45, 7) is 4.07. The van der Waals surface area contributed by atoms with E-state index in [4.69, 9.17) is 5.73 Å². The Labute approximate surface area is 125 Å². The van der Waals surface area contributed by atoms with Crippen molar-refractivity contribution in [2.45, 2.75) is 32.2 Å². The molecule has 3 rings (SSSR count). The summed E-state index contributed by atoms with van der Waals surface area (Å²) in [5.41, 5.74) is 11.7. The molecule has 2 aromatic carbocycles. The lowest BCUT2D eigenvalue weighted by Gasteiger charge is -2.16. The number of carbonyl (C=O) groups excluding carboxylic acids is 1. The van der Waals surface area contributed by atoms with Crippen LogP contribution in [0.3, 0.4) is 0 Å². The zero-order valence-corrected chi connectivity index (χ0v) is 12.4. The van der Waals surface area contributed by atoms with Gasteiger partial charge < -0.3 is 11.1 Å². The van der Waals surface area contributed by atoms with Crippen LogP contribution < -0.4 is 11.1 Å². The highest BCUT2D eigenvalue weighted by molar-refractivity contribution is 6.03. The average Bonchev–Trinajstić information content (AvgIpc) is 2.83. The largest absolute Gasteiger partial charge is 0.325 e. The maximum atomic E-state index is 12.0. The molecule has 2 aromatic rings. The Kier molecular flexibility index (Phi) is 3.52. The van der Waals surface area contributed by atoms with E-state index in [0.717, 1.165) is 34.4 Å². The molecule has 3 heteroatoms. The van der Waals surface area contributed by atoms with E-state index in [9.17, 15) is 4.79 Å². The fourth-order valence-electron chi connectivity index (χ4n) is 3.08. The number of hydrogen-bond acceptors (Lipinski definition) is 2. The molecule has 0 aromatic heterocycles. The number of rotatable bonds is 3. The van der Waals surface area contributed by atoms with Crippen molar-refractivity contribution in [3.8, 4) is 0 Å². The topological polar surface area (TPSA) is 55.1 Å². The summed E-state index contributed by atoms with van der Waals surface area (Å²) in [6, 6.07) is 14.1. The monoisotopic (exact) mass is 280 g/mol. The third-order valence-electron chi connectivity index (χ3n) is 4.25. The van der Waals surface area contributed by atoms with Crippen molar-refractivity contribution in [3.63, 3.8) is 0 Å². The number of nitrogens with two attached hydrogens (primary N) is 1. The SMILES string of the molecule is CCC1C(=O)Nc2c(C)cc(C(N)c3ccccc3)cc21. The van der Waals surface area contributed by atoms with Gasteiger partial charge in [-0.3, -0.25) is 4.79 Å². The number of amides is 1. The van der Waals surface area contributed by atoms with E-state index in [0.29, 0.717) is 0 Å². The molecule has 2 atom stereocenters. The van der Waals surface area contributed by atoms with Gasteiger partial charge in [0.2, 0.25) is 5.91 Å². The van der Waals surface area contributed by atoms with Crippen LogP contribution in [0, 0.1) is 6.92 Å². The molecule has 0 aliphatic carbocycles. The Morgan fingerprint density at radius 2 is 1.90 bits per heavy atom. The summed E-state index contributed by atoms with van der Waals surface area (Å²) in [7, 11) is 0. The van der Waals surface area contributed by atoms with E-state index in [1.165, 1.54) is 0 Å². The minimum absolute atomic E-state index is 0.0541. The molecule has 1 aliphatic heterocycles. The first-order valence-electron chi connectivity index (χ1n) is 7.37. The predicted molar refractivity (Wildman–Crippen MR) is 85.3 cm³/mol. The molecule has 0 saturated carbocycles. The number of nitrogens with one attached hydrogen (secondary N) is 1. The van der Waals surface area contributed by atoms with Crippen LogP contribution in [0.1, 0.15) is 47.6 Å². The van der Waals surface area contributed by atoms with Gasteiger partial charge in [-0.05, 0) is 35.6 Å². The molecule has 3 nitrogen and oxygen atoms in total.